The van der Waals surface area contributed by atoms with Crippen LogP contribution in [0.1, 0.15) is 34.3 Å². The number of carbonyl (C=O) groups excluding carboxylic acids is 3. The van der Waals surface area contributed by atoms with Gasteiger partial charge in [-0.05, 0) is 34.7 Å². The van der Waals surface area contributed by atoms with Crippen molar-refractivity contribution in [1.82, 2.24) is 20.4 Å². The number of nitrogens with zero attached hydrogens (tertiary/aromatic N) is 4. The molecule has 0 bridgehead atoms. The number of rotatable bonds is 4. The third-order valence-electron chi connectivity index (χ3n) is 8.73. The molecule has 0 saturated carbocycles. The average molecular weight is 545 g/mol. The van der Waals surface area contributed by atoms with Crippen molar-refractivity contribution in [3.63, 3.8) is 0 Å². The Morgan fingerprint density at radius 2 is 1.77 bits per heavy atom. The molecular formula is C27H28N8O5. The lowest BCUT2D eigenvalue weighted by Gasteiger charge is -2.49. The maximum Gasteiger partial charge on any atom is 0.252 e. The number of nitrogens with one attached hydrogen (secondary N) is 2. The van der Waals surface area contributed by atoms with E-state index >= 15 is 0 Å². The molecule has 3 amide bonds. The second-order valence-corrected chi connectivity index (χ2v) is 10.8. The van der Waals surface area contributed by atoms with E-state index in [-0.39, 0.29) is 49.7 Å². The van der Waals surface area contributed by atoms with Crippen molar-refractivity contribution in [3.05, 3.63) is 59.2 Å². The Kier molecular flexibility index (Phi) is 5.07. The van der Waals surface area contributed by atoms with Crippen molar-refractivity contribution < 1.29 is 24.6 Å². The molecule has 0 aromatic heterocycles. The molecule has 7 rings (SSSR count). The van der Waals surface area contributed by atoms with E-state index in [1.165, 1.54) is 4.90 Å². The summed E-state index contributed by atoms with van der Waals surface area (Å²) in [6.45, 7) is -0.245. The third kappa shape index (κ3) is 3.18. The summed E-state index contributed by atoms with van der Waals surface area (Å²) in [4.78, 5) is 49.6. The second-order valence-electron chi connectivity index (χ2n) is 10.8. The fraction of sp³-hybridized carbons (Fsp3) is 0.370. The number of aliphatic imine (C=N–C) groups is 2. The molecule has 2 saturated heterocycles. The number of likely N-dealkylation sites (tertiary alicyclic amines) is 1. The Morgan fingerprint density at radius 1 is 1.05 bits per heavy atom. The maximum absolute atomic E-state index is 13.6. The highest BCUT2D eigenvalue weighted by Gasteiger charge is 2.73. The van der Waals surface area contributed by atoms with Crippen LogP contribution < -0.4 is 22.1 Å². The Labute approximate surface area is 228 Å². The lowest BCUT2D eigenvalue weighted by molar-refractivity contribution is -0.230. The van der Waals surface area contributed by atoms with Crippen molar-refractivity contribution >= 4 is 29.6 Å². The molecule has 13 nitrogen and oxygen atoms in total. The van der Waals surface area contributed by atoms with Gasteiger partial charge in [-0.2, -0.15) is 0 Å². The first-order valence-electron chi connectivity index (χ1n) is 13.1. The molecule has 2 aromatic rings. The fourth-order valence-corrected chi connectivity index (χ4v) is 6.86. The molecule has 1 spiro atoms. The summed E-state index contributed by atoms with van der Waals surface area (Å²) >= 11 is 0. The number of guanidine groups is 2. The van der Waals surface area contributed by atoms with Gasteiger partial charge >= 0.3 is 0 Å². The van der Waals surface area contributed by atoms with E-state index in [0.717, 1.165) is 27.2 Å². The molecule has 4 heterocycles. The van der Waals surface area contributed by atoms with E-state index in [1.54, 1.807) is 12.1 Å². The number of benzene rings is 2. The lowest BCUT2D eigenvalue weighted by atomic mass is 9.84. The number of carbonyl (C=O) groups is 3. The van der Waals surface area contributed by atoms with Gasteiger partial charge in [-0.25, -0.2) is 9.98 Å². The molecule has 0 radical (unpaired) electrons. The second kappa shape index (κ2) is 8.26. The predicted octanol–water partition coefficient (Wildman–Crippen LogP) is -1.82. The van der Waals surface area contributed by atoms with Crippen LogP contribution in [-0.2, 0) is 16.0 Å². The number of amides is 3. The van der Waals surface area contributed by atoms with Gasteiger partial charge in [-0.1, -0.05) is 36.4 Å². The lowest BCUT2D eigenvalue weighted by Crippen LogP contribution is -2.78. The highest BCUT2D eigenvalue weighted by Crippen LogP contribution is 2.45. The summed E-state index contributed by atoms with van der Waals surface area (Å²) in [5.41, 5.74) is 15.0. The van der Waals surface area contributed by atoms with Gasteiger partial charge in [-0.15, -0.1) is 0 Å². The number of fused-ring (bicyclic) bond motifs is 3. The van der Waals surface area contributed by atoms with Crippen LogP contribution in [-0.4, -0.2) is 92.3 Å². The van der Waals surface area contributed by atoms with Crippen LogP contribution in [0.25, 0.3) is 11.1 Å². The molecule has 2 aromatic carbocycles. The van der Waals surface area contributed by atoms with Crippen molar-refractivity contribution in [1.29, 1.82) is 0 Å². The normalized spacial score (nSPS) is 29.3. The molecule has 2 fully saturated rings. The van der Waals surface area contributed by atoms with Crippen molar-refractivity contribution in [2.45, 2.75) is 48.8 Å². The average Bonchev–Trinajstić information content (AvgIpc) is 3.63. The van der Waals surface area contributed by atoms with Gasteiger partial charge in [0.05, 0.1) is 12.6 Å². The molecular weight excluding hydrogens is 516 g/mol. The van der Waals surface area contributed by atoms with E-state index in [4.69, 9.17) is 11.5 Å². The SMILES string of the molecule is NC1=N[C@H]2[C@H](CN3C(=O)CCC3=O)N=C(N)N3CC(NC(=O)c4cccc5c4Cc4ccccc4-5)C(O)(O)[C@]23N1. The van der Waals surface area contributed by atoms with Crippen molar-refractivity contribution in [3.8, 4) is 11.1 Å². The van der Waals surface area contributed by atoms with E-state index in [1.807, 2.05) is 30.3 Å². The minimum Gasteiger partial charge on any atom is -0.370 e. The predicted molar refractivity (Wildman–Crippen MR) is 142 cm³/mol. The van der Waals surface area contributed by atoms with Crippen LogP contribution in [0.15, 0.2) is 52.4 Å². The molecule has 5 aliphatic rings. The fourth-order valence-electron chi connectivity index (χ4n) is 6.86. The number of nitrogens with two attached hydrogens (primary N) is 2. The summed E-state index contributed by atoms with van der Waals surface area (Å²) in [7, 11) is 0. The Balaban J connectivity index is 1.20. The molecule has 206 valence electrons. The molecule has 1 aliphatic carbocycles. The number of aliphatic hydroxyl groups is 2. The Morgan fingerprint density at radius 3 is 2.55 bits per heavy atom. The molecule has 8 N–H and O–H groups in total. The highest BCUT2D eigenvalue weighted by atomic mass is 16.5. The van der Waals surface area contributed by atoms with Crippen LogP contribution in [0.5, 0.6) is 0 Å². The van der Waals surface area contributed by atoms with Crippen molar-refractivity contribution in [2.24, 2.45) is 21.5 Å². The van der Waals surface area contributed by atoms with Crippen LogP contribution in [0, 0.1) is 0 Å². The van der Waals surface area contributed by atoms with Crippen LogP contribution in [0.4, 0.5) is 0 Å². The summed E-state index contributed by atoms with van der Waals surface area (Å²) in [5, 5.41) is 29.1. The van der Waals surface area contributed by atoms with E-state index in [0.29, 0.717) is 12.0 Å². The quantitative estimate of drug-likeness (QED) is 0.162. The summed E-state index contributed by atoms with van der Waals surface area (Å²) < 4.78 is 0. The smallest absolute Gasteiger partial charge is 0.252 e. The number of hydrogen-bond donors (Lipinski definition) is 6. The first kappa shape index (κ1) is 24.5. The number of hydrogen-bond acceptors (Lipinski definition) is 11. The largest absolute Gasteiger partial charge is 0.370 e. The van der Waals surface area contributed by atoms with E-state index < -0.39 is 35.5 Å². The molecule has 4 aliphatic heterocycles. The Bertz CT molecular complexity index is 1540. The summed E-state index contributed by atoms with van der Waals surface area (Å²) in [5.74, 6) is -3.92. The zero-order valence-electron chi connectivity index (χ0n) is 21.4. The van der Waals surface area contributed by atoms with Crippen LogP contribution in [0.2, 0.25) is 0 Å². The monoisotopic (exact) mass is 544 g/mol. The minimum absolute atomic E-state index is 0.0574. The Hall–Kier alpha value is -4.49. The van der Waals surface area contributed by atoms with Gasteiger partial charge in [0.1, 0.15) is 12.1 Å². The van der Waals surface area contributed by atoms with Gasteiger partial charge in [0.15, 0.2) is 17.6 Å². The maximum atomic E-state index is 13.6. The van der Waals surface area contributed by atoms with Gasteiger partial charge in [0, 0.05) is 24.9 Å². The molecule has 1 unspecified atom stereocenters. The first-order valence-corrected chi connectivity index (χ1v) is 13.1. The van der Waals surface area contributed by atoms with Crippen LogP contribution in [0.3, 0.4) is 0 Å². The van der Waals surface area contributed by atoms with E-state index in [2.05, 4.69) is 20.6 Å². The van der Waals surface area contributed by atoms with Gasteiger partial charge in [0.25, 0.3) is 5.91 Å². The van der Waals surface area contributed by atoms with Crippen LogP contribution >= 0.6 is 0 Å². The summed E-state index contributed by atoms with van der Waals surface area (Å²) in [6.07, 6.45) is 0.785. The van der Waals surface area contributed by atoms with Gasteiger partial charge < -0.3 is 37.2 Å². The van der Waals surface area contributed by atoms with E-state index in [9.17, 15) is 24.6 Å². The van der Waals surface area contributed by atoms with Gasteiger partial charge in [0.2, 0.25) is 17.6 Å². The zero-order valence-corrected chi connectivity index (χ0v) is 21.4. The third-order valence-corrected chi connectivity index (χ3v) is 8.73. The zero-order chi connectivity index (χ0) is 28.0. The highest BCUT2D eigenvalue weighted by molar-refractivity contribution is 6.02. The summed E-state index contributed by atoms with van der Waals surface area (Å²) in [6, 6.07) is 10.3. The molecule has 4 atom stereocenters. The topological polar surface area (TPSA) is 199 Å². The standard InChI is InChI=1S/C27H28N8O5/c28-24-32-22-18(11-34-20(36)8-9-21(34)37)30-25(29)35-12-19(27(39,40)26(22,35)33-24)31-23(38)16-7-3-6-15-14-5-2-1-4-13(14)10-17(15)16/h1-7,18-19,22,39-40H,8-12H2,(H2,29,30)(H,31,38)(H3,28,32,33)/t18-,19?,22-,26-/m0/s1. The molecule has 13 heteroatoms. The van der Waals surface area contributed by atoms with Gasteiger partial charge in [-0.3, -0.25) is 19.3 Å². The number of imide groups is 1. The minimum atomic E-state index is -2.63. The molecule has 40 heavy (non-hydrogen) atoms. The van der Waals surface area contributed by atoms with Crippen molar-refractivity contribution in [2.75, 3.05) is 13.1 Å². The first-order chi connectivity index (χ1) is 19.1.